The third kappa shape index (κ3) is 6.34. The van der Waals surface area contributed by atoms with Crippen molar-refractivity contribution in [3.8, 4) is 0 Å². The van der Waals surface area contributed by atoms with E-state index in [9.17, 15) is 4.79 Å². The number of rotatable bonds is 7. The Labute approximate surface area is 133 Å². The summed E-state index contributed by atoms with van der Waals surface area (Å²) in [6.07, 6.45) is 4.61. The molecule has 0 aliphatic rings. The third-order valence-corrected chi connectivity index (χ3v) is 3.95. The van der Waals surface area contributed by atoms with Crippen LogP contribution in [0.25, 0.3) is 0 Å². The molecule has 1 aromatic rings. The van der Waals surface area contributed by atoms with Crippen LogP contribution in [0.15, 0.2) is 27.1 Å². The SMILES string of the molecule is O=C(NCCCCCCBr)c1cc(Br)cc(Br)c1. The lowest BCUT2D eigenvalue weighted by atomic mass is 10.2. The van der Waals surface area contributed by atoms with Crippen molar-refractivity contribution >= 4 is 53.7 Å². The Kier molecular flexibility index (Phi) is 8.18. The quantitative estimate of drug-likeness (QED) is 0.473. The smallest absolute Gasteiger partial charge is 0.251 e. The van der Waals surface area contributed by atoms with E-state index in [1.54, 1.807) is 0 Å². The second-order valence-corrected chi connectivity index (χ2v) is 6.64. The van der Waals surface area contributed by atoms with Gasteiger partial charge in [0.25, 0.3) is 5.91 Å². The van der Waals surface area contributed by atoms with Crippen molar-refractivity contribution < 1.29 is 4.79 Å². The van der Waals surface area contributed by atoms with Gasteiger partial charge in [-0.1, -0.05) is 60.6 Å². The minimum absolute atomic E-state index is 0.0162. The Morgan fingerprint density at radius 2 is 1.61 bits per heavy atom. The number of unbranched alkanes of at least 4 members (excludes halogenated alkanes) is 3. The molecule has 1 rings (SSSR count). The summed E-state index contributed by atoms with van der Waals surface area (Å²) >= 11 is 10.2. The average molecular weight is 442 g/mol. The molecular formula is C13H16Br3NO. The van der Waals surface area contributed by atoms with Crippen LogP contribution in [0.4, 0.5) is 0 Å². The molecule has 0 saturated heterocycles. The van der Waals surface area contributed by atoms with Crippen LogP contribution in [0.2, 0.25) is 0 Å². The van der Waals surface area contributed by atoms with Crippen LogP contribution in [0.3, 0.4) is 0 Å². The minimum atomic E-state index is -0.0162. The highest BCUT2D eigenvalue weighted by atomic mass is 79.9. The maximum atomic E-state index is 11.9. The van der Waals surface area contributed by atoms with Gasteiger partial charge in [-0.3, -0.25) is 4.79 Å². The number of alkyl halides is 1. The van der Waals surface area contributed by atoms with Crippen LogP contribution >= 0.6 is 47.8 Å². The second-order valence-electron chi connectivity index (χ2n) is 4.02. The maximum Gasteiger partial charge on any atom is 0.251 e. The monoisotopic (exact) mass is 439 g/mol. The van der Waals surface area contributed by atoms with E-state index in [1.807, 2.05) is 18.2 Å². The van der Waals surface area contributed by atoms with Crippen LogP contribution in [-0.2, 0) is 0 Å². The van der Waals surface area contributed by atoms with Gasteiger partial charge in [0.2, 0.25) is 0 Å². The number of halogens is 3. The van der Waals surface area contributed by atoms with Crippen molar-refractivity contribution in [2.24, 2.45) is 0 Å². The Hall–Kier alpha value is 0.130. The first-order chi connectivity index (χ1) is 8.63. The van der Waals surface area contributed by atoms with E-state index in [0.29, 0.717) is 5.56 Å². The maximum absolute atomic E-state index is 11.9. The molecule has 0 aromatic heterocycles. The van der Waals surface area contributed by atoms with E-state index < -0.39 is 0 Å². The van der Waals surface area contributed by atoms with Gasteiger partial charge in [-0.25, -0.2) is 0 Å². The summed E-state index contributed by atoms with van der Waals surface area (Å²) in [5.41, 5.74) is 0.678. The summed E-state index contributed by atoms with van der Waals surface area (Å²) in [4.78, 5) is 11.9. The second kappa shape index (κ2) is 9.10. The van der Waals surface area contributed by atoms with Gasteiger partial charge in [0.1, 0.15) is 0 Å². The van der Waals surface area contributed by atoms with Crippen molar-refractivity contribution in [1.82, 2.24) is 5.32 Å². The molecule has 1 N–H and O–H groups in total. The highest BCUT2D eigenvalue weighted by molar-refractivity contribution is 9.11. The molecular weight excluding hydrogens is 426 g/mol. The van der Waals surface area contributed by atoms with Gasteiger partial charge in [0.15, 0.2) is 0 Å². The van der Waals surface area contributed by atoms with Crippen LogP contribution in [-0.4, -0.2) is 17.8 Å². The molecule has 0 heterocycles. The predicted octanol–water partition coefficient (Wildman–Crippen LogP) is 4.90. The van der Waals surface area contributed by atoms with E-state index in [2.05, 4.69) is 53.1 Å². The van der Waals surface area contributed by atoms with Crippen LogP contribution in [0.1, 0.15) is 36.0 Å². The molecule has 0 atom stereocenters. The first kappa shape index (κ1) is 16.2. The summed E-state index contributed by atoms with van der Waals surface area (Å²) in [6.45, 7) is 0.741. The Morgan fingerprint density at radius 3 is 2.22 bits per heavy atom. The predicted molar refractivity (Wildman–Crippen MR) is 86.4 cm³/mol. The average Bonchev–Trinajstić information content (AvgIpc) is 2.32. The van der Waals surface area contributed by atoms with Crippen molar-refractivity contribution in [1.29, 1.82) is 0 Å². The number of benzene rings is 1. The highest BCUT2D eigenvalue weighted by Crippen LogP contribution is 2.20. The third-order valence-electron chi connectivity index (χ3n) is 2.47. The van der Waals surface area contributed by atoms with Crippen molar-refractivity contribution in [3.05, 3.63) is 32.7 Å². The van der Waals surface area contributed by atoms with Crippen LogP contribution in [0.5, 0.6) is 0 Å². The lowest BCUT2D eigenvalue weighted by Gasteiger charge is -2.06. The number of hydrogen-bond donors (Lipinski definition) is 1. The zero-order chi connectivity index (χ0) is 13.4. The van der Waals surface area contributed by atoms with Gasteiger partial charge in [-0.15, -0.1) is 0 Å². The minimum Gasteiger partial charge on any atom is -0.352 e. The summed E-state index contributed by atoms with van der Waals surface area (Å²) in [7, 11) is 0. The molecule has 0 aliphatic heterocycles. The molecule has 100 valence electrons. The molecule has 0 unspecified atom stereocenters. The molecule has 18 heavy (non-hydrogen) atoms. The molecule has 0 spiro atoms. The van der Waals surface area contributed by atoms with Gasteiger partial charge in [-0.2, -0.15) is 0 Å². The van der Waals surface area contributed by atoms with E-state index in [-0.39, 0.29) is 5.91 Å². The fourth-order valence-corrected chi connectivity index (χ4v) is 3.25. The molecule has 2 nitrogen and oxygen atoms in total. The highest BCUT2D eigenvalue weighted by Gasteiger charge is 2.06. The molecule has 0 bridgehead atoms. The van der Waals surface area contributed by atoms with Gasteiger partial charge < -0.3 is 5.32 Å². The van der Waals surface area contributed by atoms with Crippen LogP contribution in [0, 0.1) is 0 Å². The molecule has 0 radical (unpaired) electrons. The Bertz CT molecular complexity index is 376. The van der Waals surface area contributed by atoms with E-state index in [4.69, 9.17) is 0 Å². The topological polar surface area (TPSA) is 29.1 Å². The summed E-state index contributed by atoms with van der Waals surface area (Å²) in [6, 6.07) is 5.56. The molecule has 0 aliphatic carbocycles. The Morgan fingerprint density at radius 1 is 1.00 bits per heavy atom. The lowest BCUT2D eigenvalue weighted by Crippen LogP contribution is -2.24. The number of hydrogen-bond acceptors (Lipinski definition) is 1. The van der Waals surface area contributed by atoms with Gasteiger partial charge >= 0.3 is 0 Å². The standard InChI is InChI=1S/C13H16Br3NO/c14-5-3-1-2-4-6-17-13(18)10-7-11(15)9-12(16)8-10/h7-9H,1-6H2,(H,17,18). The summed E-state index contributed by atoms with van der Waals surface area (Å²) in [5.74, 6) is -0.0162. The molecule has 0 saturated carbocycles. The fourth-order valence-electron chi connectivity index (χ4n) is 1.56. The number of nitrogens with one attached hydrogen (secondary N) is 1. The first-order valence-corrected chi connectivity index (χ1v) is 8.64. The Balaban J connectivity index is 2.32. The molecule has 1 amide bonds. The van der Waals surface area contributed by atoms with Gasteiger partial charge in [0.05, 0.1) is 0 Å². The van der Waals surface area contributed by atoms with Crippen LogP contribution < -0.4 is 5.32 Å². The first-order valence-electron chi connectivity index (χ1n) is 5.93. The van der Waals surface area contributed by atoms with Crippen molar-refractivity contribution in [3.63, 3.8) is 0 Å². The summed E-state index contributed by atoms with van der Waals surface area (Å²) in [5, 5.41) is 4.00. The number of carbonyl (C=O) groups is 1. The van der Waals surface area contributed by atoms with E-state index >= 15 is 0 Å². The van der Waals surface area contributed by atoms with Gasteiger partial charge in [-0.05, 0) is 31.0 Å². The van der Waals surface area contributed by atoms with Crippen molar-refractivity contribution in [2.45, 2.75) is 25.7 Å². The molecule has 0 fully saturated rings. The normalized spacial score (nSPS) is 10.4. The fraction of sp³-hybridized carbons (Fsp3) is 0.462. The largest absolute Gasteiger partial charge is 0.352 e. The lowest BCUT2D eigenvalue weighted by molar-refractivity contribution is 0.0953. The zero-order valence-corrected chi connectivity index (χ0v) is 14.8. The van der Waals surface area contributed by atoms with E-state index in [0.717, 1.165) is 33.7 Å². The number of amides is 1. The molecule has 1 aromatic carbocycles. The summed E-state index contributed by atoms with van der Waals surface area (Å²) < 4.78 is 1.80. The van der Waals surface area contributed by atoms with Crippen molar-refractivity contribution in [2.75, 3.05) is 11.9 Å². The van der Waals surface area contributed by atoms with Gasteiger partial charge in [0, 0.05) is 26.4 Å². The van der Waals surface area contributed by atoms with E-state index in [1.165, 1.54) is 12.8 Å². The zero-order valence-electron chi connectivity index (χ0n) is 10.0. The molecule has 5 heteroatoms. The number of carbonyl (C=O) groups excluding carboxylic acids is 1.